The molecule has 1 saturated heterocycles. The third-order valence-electron chi connectivity index (χ3n) is 4.47. The molecule has 2 aliphatic rings. The van der Waals surface area contributed by atoms with Gasteiger partial charge in [-0.3, -0.25) is 9.69 Å². The first-order valence-electron chi connectivity index (χ1n) is 7.28. The number of aliphatic carboxylic acids is 1. The number of piperidine rings is 1. The smallest absolute Gasteiger partial charge is 0.304 e. The van der Waals surface area contributed by atoms with E-state index in [4.69, 9.17) is 5.11 Å². The van der Waals surface area contributed by atoms with Crippen molar-refractivity contribution in [2.24, 2.45) is 0 Å². The van der Waals surface area contributed by atoms with Crippen LogP contribution < -0.4 is 0 Å². The summed E-state index contributed by atoms with van der Waals surface area (Å²) in [5.41, 5.74) is 0.829. The summed E-state index contributed by atoms with van der Waals surface area (Å²) < 4.78 is 24.6. The lowest BCUT2D eigenvalue weighted by Gasteiger charge is -2.39. The summed E-state index contributed by atoms with van der Waals surface area (Å²) in [6.45, 7) is 0.770. The van der Waals surface area contributed by atoms with Crippen LogP contribution in [0.25, 0.3) is 0 Å². The number of hydrogen-bond donors (Lipinski definition) is 1. The van der Waals surface area contributed by atoms with Gasteiger partial charge in [0.25, 0.3) is 0 Å². The molecule has 1 N–H and O–H groups in total. The number of benzene rings is 1. The fraction of sp³-hybridized carbons (Fsp3) is 0.533. The van der Waals surface area contributed by atoms with Crippen LogP contribution in [0, 0.1) is 0 Å². The van der Waals surface area contributed by atoms with E-state index >= 15 is 0 Å². The number of fused-ring (bicyclic) bond motifs is 1. The van der Waals surface area contributed by atoms with Crippen LogP contribution in [0.2, 0.25) is 0 Å². The molecule has 1 aromatic carbocycles. The molecule has 3 rings (SSSR count). The molecule has 2 heterocycles. The van der Waals surface area contributed by atoms with E-state index in [2.05, 4.69) is 4.90 Å². The predicted molar refractivity (Wildman–Crippen MR) is 77.8 cm³/mol. The molecule has 1 aromatic rings. The van der Waals surface area contributed by atoms with Crippen molar-refractivity contribution in [1.29, 1.82) is 0 Å². The Kier molecular flexibility index (Phi) is 3.75. The summed E-state index contributed by atoms with van der Waals surface area (Å²) in [5, 5.41) is 9.08. The normalized spacial score (nSPS) is 28.2. The monoisotopic (exact) mass is 309 g/mol. The molecule has 0 aromatic heterocycles. The van der Waals surface area contributed by atoms with Gasteiger partial charge in [-0.15, -0.1) is 0 Å². The quantitative estimate of drug-likeness (QED) is 0.922. The van der Waals surface area contributed by atoms with E-state index in [1.807, 2.05) is 12.1 Å². The molecule has 0 saturated carbocycles. The van der Waals surface area contributed by atoms with E-state index in [1.165, 1.54) is 0 Å². The van der Waals surface area contributed by atoms with E-state index in [1.54, 1.807) is 12.1 Å². The lowest BCUT2D eigenvalue weighted by Crippen LogP contribution is -2.43. The molecule has 0 spiro atoms. The maximum absolute atomic E-state index is 12.3. The van der Waals surface area contributed by atoms with Gasteiger partial charge in [0.1, 0.15) is 0 Å². The summed E-state index contributed by atoms with van der Waals surface area (Å²) in [6, 6.07) is 6.84. The molecule has 1 fully saturated rings. The van der Waals surface area contributed by atoms with Gasteiger partial charge in [0.05, 0.1) is 23.1 Å². The van der Waals surface area contributed by atoms with Crippen LogP contribution in [0.1, 0.15) is 37.3 Å². The fourth-order valence-corrected chi connectivity index (χ4v) is 5.37. The highest BCUT2D eigenvalue weighted by atomic mass is 32.2. The Bertz CT molecular complexity index is 655. The standard InChI is InChI=1S/C15H19NO4S/c17-15(18)9-11-5-3-4-8-16(11)13-10-21(19,20)14-7-2-1-6-12(13)14/h1-2,6-7,11,13H,3-5,8-10H2,(H,17,18). The molecule has 0 aliphatic carbocycles. The Labute approximate surface area is 124 Å². The third-order valence-corrected chi connectivity index (χ3v) is 6.27. The molecule has 6 heteroatoms. The van der Waals surface area contributed by atoms with E-state index in [-0.39, 0.29) is 24.3 Å². The summed E-state index contributed by atoms with van der Waals surface area (Å²) in [6.07, 6.45) is 2.91. The highest BCUT2D eigenvalue weighted by molar-refractivity contribution is 7.91. The second kappa shape index (κ2) is 5.42. The molecule has 2 atom stereocenters. The van der Waals surface area contributed by atoms with Crippen LogP contribution in [0.15, 0.2) is 29.2 Å². The molecule has 2 aliphatic heterocycles. The summed E-state index contributed by atoms with van der Waals surface area (Å²) >= 11 is 0. The van der Waals surface area contributed by atoms with E-state index in [9.17, 15) is 13.2 Å². The van der Waals surface area contributed by atoms with Crippen molar-refractivity contribution in [3.05, 3.63) is 29.8 Å². The molecule has 21 heavy (non-hydrogen) atoms. The average Bonchev–Trinajstić information content (AvgIpc) is 2.71. The highest BCUT2D eigenvalue weighted by Crippen LogP contribution is 2.40. The van der Waals surface area contributed by atoms with Gasteiger partial charge in [0.15, 0.2) is 9.84 Å². The first kappa shape index (κ1) is 14.5. The minimum absolute atomic E-state index is 0.0670. The predicted octanol–water partition coefficient (Wildman–Crippen LogP) is 1.84. The van der Waals surface area contributed by atoms with Crippen LogP contribution in [0.5, 0.6) is 0 Å². The Morgan fingerprint density at radius 2 is 2.05 bits per heavy atom. The maximum Gasteiger partial charge on any atom is 0.304 e. The van der Waals surface area contributed by atoms with Crippen LogP contribution in [-0.2, 0) is 14.6 Å². The minimum Gasteiger partial charge on any atom is -0.481 e. The van der Waals surface area contributed by atoms with Crippen LogP contribution in [-0.4, -0.2) is 42.7 Å². The molecule has 0 radical (unpaired) electrons. The van der Waals surface area contributed by atoms with Crippen LogP contribution in [0.3, 0.4) is 0 Å². The van der Waals surface area contributed by atoms with Gasteiger partial charge < -0.3 is 5.11 Å². The van der Waals surface area contributed by atoms with E-state index < -0.39 is 15.8 Å². The van der Waals surface area contributed by atoms with Crippen molar-refractivity contribution in [2.45, 2.75) is 42.7 Å². The maximum atomic E-state index is 12.3. The van der Waals surface area contributed by atoms with Crippen LogP contribution >= 0.6 is 0 Å². The van der Waals surface area contributed by atoms with Gasteiger partial charge in [0.2, 0.25) is 0 Å². The average molecular weight is 309 g/mol. The van der Waals surface area contributed by atoms with Crippen molar-refractivity contribution in [1.82, 2.24) is 4.90 Å². The van der Waals surface area contributed by atoms with Crippen molar-refractivity contribution in [2.75, 3.05) is 12.3 Å². The number of carboxylic acid groups (broad SMARTS) is 1. The van der Waals surface area contributed by atoms with Crippen molar-refractivity contribution in [3.8, 4) is 0 Å². The van der Waals surface area contributed by atoms with Gasteiger partial charge in [-0.2, -0.15) is 0 Å². The number of nitrogens with zero attached hydrogens (tertiary/aromatic N) is 1. The lowest BCUT2D eigenvalue weighted by molar-refractivity contribution is -0.139. The molecule has 2 unspecified atom stereocenters. The summed E-state index contributed by atoms with van der Waals surface area (Å²) in [7, 11) is -3.25. The van der Waals surface area contributed by atoms with Gasteiger partial charge in [-0.05, 0) is 31.0 Å². The fourth-order valence-electron chi connectivity index (χ4n) is 3.55. The number of sulfone groups is 1. The Morgan fingerprint density at radius 3 is 2.81 bits per heavy atom. The first-order valence-corrected chi connectivity index (χ1v) is 8.93. The molecule has 0 bridgehead atoms. The molecular weight excluding hydrogens is 290 g/mol. The Balaban J connectivity index is 1.94. The number of carboxylic acids is 1. The Hall–Kier alpha value is -1.40. The first-order chi connectivity index (χ1) is 9.99. The SMILES string of the molecule is O=C(O)CC1CCCCN1C1CS(=O)(=O)c2ccccc21. The number of carbonyl (C=O) groups is 1. The Morgan fingerprint density at radius 1 is 1.29 bits per heavy atom. The number of hydrogen-bond acceptors (Lipinski definition) is 4. The zero-order valence-electron chi connectivity index (χ0n) is 11.7. The van der Waals surface area contributed by atoms with Gasteiger partial charge in [-0.25, -0.2) is 8.42 Å². The molecule has 5 nitrogen and oxygen atoms in total. The van der Waals surface area contributed by atoms with Crippen LogP contribution in [0.4, 0.5) is 0 Å². The van der Waals surface area contributed by atoms with Gasteiger partial charge >= 0.3 is 5.97 Å². The topological polar surface area (TPSA) is 74.7 Å². The second-order valence-corrected chi connectivity index (χ2v) is 7.82. The second-order valence-electron chi connectivity index (χ2n) is 5.82. The molecule has 114 valence electrons. The third kappa shape index (κ3) is 2.70. The largest absolute Gasteiger partial charge is 0.481 e. The van der Waals surface area contributed by atoms with Gasteiger partial charge in [0, 0.05) is 6.04 Å². The number of likely N-dealkylation sites (tertiary alicyclic amines) is 1. The highest BCUT2D eigenvalue weighted by Gasteiger charge is 2.41. The van der Waals surface area contributed by atoms with Gasteiger partial charge in [-0.1, -0.05) is 24.6 Å². The number of rotatable bonds is 3. The van der Waals surface area contributed by atoms with Crippen molar-refractivity contribution < 1.29 is 18.3 Å². The molecule has 0 amide bonds. The van der Waals surface area contributed by atoms with Crippen molar-refractivity contribution >= 4 is 15.8 Å². The van der Waals surface area contributed by atoms with E-state index in [0.29, 0.717) is 4.90 Å². The summed E-state index contributed by atoms with van der Waals surface area (Å²) in [4.78, 5) is 13.6. The van der Waals surface area contributed by atoms with E-state index in [0.717, 1.165) is 31.4 Å². The molecular formula is C15H19NO4S. The zero-order valence-corrected chi connectivity index (χ0v) is 12.6. The zero-order chi connectivity index (χ0) is 15.0. The van der Waals surface area contributed by atoms with Crippen molar-refractivity contribution in [3.63, 3.8) is 0 Å². The summed E-state index contributed by atoms with van der Waals surface area (Å²) in [5.74, 6) is -0.747. The lowest BCUT2D eigenvalue weighted by atomic mass is 9.95. The minimum atomic E-state index is -3.25.